The molecule has 0 fully saturated rings. The molecule has 4 aromatic carbocycles. The van der Waals surface area contributed by atoms with Crippen LogP contribution in [0.25, 0.3) is 21.5 Å². The summed E-state index contributed by atoms with van der Waals surface area (Å²) in [5.41, 5.74) is 1.21. The highest BCUT2D eigenvalue weighted by atomic mass is 16.4. The molecule has 0 atom stereocenters. The fraction of sp³-hybridized carbons (Fsp3) is 0.200. The van der Waals surface area contributed by atoms with E-state index in [0.29, 0.717) is 11.4 Å². The van der Waals surface area contributed by atoms with Crippen molar-refractivity contribution in [2.24, 2.45) is 0 Å². The molecule has 4 rings (SSSR count). The van der Waals surface area contributed by atoms with Crippen LogP contribution in [-0.2, 0) is 19.2 Å². The average Bonchev–Trinajstić information content (AvgIpc) is 2.91. The van der Waals surface area contributed by atoms with Crippen LogP contribution in [0.3, 0.4) is 0 Å². The number of carbonyl (C=O) groups excluding carboxylic acids is 2. The van der Waals surface area contributed by atoms with Gasteiger partial charge in [0.1, 0.15) is 0 Å². The van der Waals surface area contributed by atoms with Crippen LogP contribution in [0.2, 0.25) is 0 Å². The number of carbonyl (C=O) groups is 4. The number of benzene rings is 4. The Labute approximate surface area is 230 Å². The van der Waals surface area contributed by atoms with Crippen LogP contribution in [0.5, 0.6) is 0 Å². The van der Waals surface area contributed by atoms with Crippen LogP contribution in [0.1, 0.15) is 0 Å². The van der Waals surface area contributed by atoms with E-state index < -0.39 is 36.8 Å². The normalized spacial score (nSPS) is 11.2. The molecule has 0 bridgehead atoms. The molecule has 0 aliphatic carbocycles. The van der Waals surface area contributed by atoms with Crippen LogP contribution in [0.15, 0.2) is 84.9 Å². The first kappa shape index (κ1) is 28.2. The standard InChI is InChI=1S/C30H30N4O6/c35-27(31-25-13-5-9-21-7-1-3-11-23(21)25)17-33(19-29(37)38)15-16-34(20-30(39)40)18-28(36)32-26-14-6-10-22-8-2-4-12-24(22)26/h1-14H,15-20H2,(H,31,35)(H,32,36)(H,37,38)(H,39,40). The van der Waals surface area contributed by atoms with Crippen LogP contribution < -0.4 is 10.6 Å². The van der Waals surface area contributed by atoms with Gasteiger partial charge in [-0.2, -0.15) is 0 Å². The molecule has 0 aliphatic rings. The number of carboxylic acid groups (broad SMARTS) is 2. The predicted molar refractivity (Wildman–Crippen MR) is 153 cm³/mol. The summed E-state index contributed by atoms with van der Waals surface area (Å²) in [7, 11) is 0. The Morgan fingerprint density at radius 1 is 0.525 bits per heavy atom. The van der Waals surface area contributed by atoms with E-state index in [1.807, 2.05) is 72.8 Å². The molecule has 0 aromatic heterocycles. The maximum absolute atomic E-state index is 12.8. The van der Waals surface area contributed by atoms with Gasteiger partial charge in [0.15, 0.2) is 0 Å². The summed E-state index contributed by atoms with van der Waals surface area (Å²) in [6.45, 7) is -1.18. The summed E-state index contributed by atoms with van der Waals surface area (Å²) >= 11 is 0. The van der Waals surface area contributed by atoms with E-state index >= 15 is 0 Å². The number of hydrogen-bond acceptors (Lipinski definition) is 6. The van der Waals surface area contributed by atoms with Crippen molar-refractivity contribution in [1.29, 1.82) is 0 Å². The molecule has 0 aliphatic heterocycles. The summed E-state index contributed by atoms with van der Waals surface area (Å²) in [6.07, 6.45) is 0. The Hall–Kier alpha value is -4.80. The predicted octanol–water partition coefficient (Wildman–Crippen LogP) is 3.34. The molecule has 4 aromatic rings. The monoisotopic (exact) mass is 542 g/mol. The third kappa shape index (κ3) is 7.85. The number of hydrogen-bond donors (Lipinski definition) is 4. The van der Waals surface area contributed by atoms with Gasteiger partial charge in [-0.05, 0) is 22.9 Å². The smallest absolute Gasteiger partial charge is 0.317 e. The molecule has 0 saturated heterocycles. The van der Waals surface area contributed by atoms with Crippen LogP contribution >= 0.6 is 0 Å². The second kappa shape index (κ2) is 13.3. The minimum Gasteiger partial charge on any atom is -0.480 e. The second-order valence-corrected chi connectivity index (χ2v) is 9.36. The van der Waals surface area contributed by atoms with Gasteiger partial charge in [-0.1, -0.05) is 72.8 Å². The maximum Gasteiger partial charge on any atom is 0.317 e. The van der Waals surface area contributed by atoms with E-state index in [1.165, 1.54) is 9.80 Å². The van der Waals surface area contributed by atoms with E-state index in [2.05, 4.69) is 10.6 Å². The first-order valence-electron chi connectivity index (χ1n) is 12.7. The lowest BCUT2D eigenvalue weighted by atomic mass is 10.1. The molecule has 0 saturated carbocycles. The SMILES string of the molecule is O=C(O)CN(CCN(CC(=O)O)CC(=O)Nc1cccc2ccccc12)CC(=O)Nc1cccc2ccccc12. The first-order chi connectivity index (χ1) is 19.3. The first-order valence-corrected chi connectivity index (χ1v) is 12.7. The number of nitrogens with one attached hydrogen (secondary N) is 2. The minimum atomic E-state index is -1.13. The lowest BCUT2D eigenvalue weighted by molar-refractivity contribution is -0.140. The highest BCUT2D eigenvalue weighted by Gasteiger charge is 2.19. The molecule has 206 valence electrons. The number of nitrogens with zero attached hydrogens (tertiary/aromatic N) is 2. The highest BCUT2D eigenvalue weighted by molar-refractivity contribution is 6.03. The third-order valence-electron chi connectivity index (χ3n) is 6.31. The van der Waals surface area contributed by atoms with Crippen molar-refractivity contribution in [3.05, 3.63) is 84.9 Å². The van der Waals surface area contributed by atoms with Gasteiger partial charge >= 0.3 is 11.9 Å². The van der Waals surface area contributed by atoms with Crippen molar-refractivity contribution in [1.82, 2.24) is 9.80 Å². The van der Waals surface area contributed by atoms with Gasteiger partial charge in [-0.3, -0.25) is 29.0 Å². The quantitative estimate of drug-likeness (QED) is 0.202. The molecular weight excluding hydrogens is 512 g/mol. The number of amides is 2. The fourth-order valence-electron chi connectivity index (χ4n) is 4.55. The Bertz CT molecular complexity index is 1410. The highest BCUT2D eigenvalue weighted by Crippen LogP contribution is 2.24. The van der Waals surface area contributed by atoms with Gasteiger partial charge in [0, 0.05) is 35.2 Å². The van der Waals surface area contributed by atoms with Crippen molar-refractivity contribution < 1.29 is 29.4 Å². The molecule has 0 heterocycles. The molecule has 40 heavy (non-hydrogen) atoms. The van der Waals surface area contributed by atoms with Gasteiger partial charge in [0.2, 0.25) is 11.8 Å². The van der Waals surface area contributed by atoms with E-state index in [4.69, 9.17) is 0 Å². The van der Waals surface area contributed by atoms with Gasteiger partial charge in [0.05, 0.1) is 26.2 Å². The van der Waals surface area contributed by atoms with Crippen molar-refractivity contribution in [2.45, 2.75) is 0 Å². The Morgan fingerprint density at radius 3 is 1.30 bits per heavy atom. The Morgan fingerprint density at radius 2 is 0.900 bits per heavy atom. The molecule has 0 radical (unpaired) electrons. The summed E-state index contributed by atoms with van der Waals surface area (Å²) in [6, 6.07) is 26.2. The Balaban J connectivity index is 1.39. The summed E-state index contributed by atoms with van der Waals surface area (Å²) in [5.74, 6) is -3.07. The van der Waals surface area contributed by atoms with E-state index in [1.54, 1.807) is 12.1 Å². The van der Waals surface area contributed by atoms with Crippen LogP contribution in [-0.4, -0.2) is 83.0 Å². The van der Waals surface area contributed by atoms with Crippen molar-refractivity contribution in [3.63, 3.8) is 0 Å². The summed E-state index contributed by atoms with van der Waals surface area (Å²) < 4.78 is 0. The number of aliphatic carboxylic acids is 2. The lowest BCUT2D eigenvalue weighted by Gasteiger charge is -2.25. The summed E-state index contributed by atoms with van der Waals surface area (Å²) in [5, 5.41) is 28.1. The zero-order valence-electron chi connectivity index (χ0n) is 21.7. The van der Waals surface area contributed by atoms with E-state index in [0.717, 1.165) is 21.5 Å². The van der Waals surface area contributed by atoms with Crippen LogP contribution in [0.4, 0.5) is 11.4 Å². The van der Waals surface area contributed by atoms with E-state index in [9.17, 15) is 29.4 Å². The van der Waals surface area contributed by atoms with Crippen molar-refractivity contribution in [3.8, 4) is 0 Å². The van der Waals surface area contributed by atoms with Gasteiger partial charge in [-0.15, -0.1) is 0 Å². The number of rotatable bonds is 13. The zero-order chi connectivity index (χ0) is 28.5. The zero-order valence-corrected chi connectivity index (χ0v) is 21.7. The molecule has 0 spiro atoms. The van der Waals surface area contributed by atoms with Crippen molar-refractivity contribution >= 4 is 56.7 Å². The van der Waals surface area contributed by atoms with Gasteiger partial charge < -0.3 is 20.8 Å². The number of carboxylic acids is 2. The topological polar surface area (TPSA) is 139 Å². The van der Waals surface area contributed by atoms with Crippen LogP contribution in [0, 0.1) is 0 Å². The van der Waals surface area contributed by atoms with E-state index in [-0.39, 0.29) is 26.2 Å². The lowest BCUT2D eigenvalue weighted by Crippen LogP contribution is -2.44. The van der Waals surface area contributed by atoms with Gasteiger partial charge in [-0.25, -0.2) is 0 Å². The maximum atomic E-state index is 12.8. The molecule has 2 amide bonds. The van der Waals surface area contributed by atoms with Crippen molar-refractivity contribution in [2.75, 3.05) is 49.9 Å². The Kier molecular flexibility index (Phi) is 9.39. The third-order valence-corrected chi connectivity index (χ3v) is 6.31. The average molecular weight is 543 g/mol. The largest absolute Gasteiger partial charge is 0.480 e. The molecule has 4 N–H and O–H groups in total. The number of anilines is 2. The molecular formula is C30H30N4O6. The minimum absolute atomic E-state index is 0.0596. The fourth-order valence-corrected chi connectivity index (χ4v) is 4.55. The number of fused-ring (bicyclic) bond motifs is 2. The molecule has 10 nitrogen and oxygen atoms in total. The molecule has 0 unspecified atom stereocenters. The second-order valence-electron chi connectivity index (χ2n) is 9.36. The summed E-state index contributed by atoms with van der Waals surface area (Å²) in [4.78, 5) is 51.5. The van der Waals surface area contributed by atoms with Gasteiger partial charge in [0.25, 0.3) is 0 Å². The molecule has 10 heteroatoms.